The van der Waals surface area contributed by atoms with Crippen molar-refractivity contribution in [1.29, 1.82) is 0 Å². The highest BCUT2D eigenvalue weighted by Crippen LogP contribution is 2.26. The third kappa shape index (κ3) is 4.17. The second-order valence-corrected chi connectivity index (χ2v) is 7.69. The minimum atomic E-state index is -3.60. The summed E-state index contributed by atoms with van der Waals surface area (Å²) in [6.45, 7) is 2.25. The first-order valence-electron chi connectivity index (χ1n) is 7.42. The Labute approximate surface area is 126 Å². The van der Waals surface area contributed by atoms with Crippen LogP contribution < -0.4 is 10.0 Å². The van der Waals surface area contributed by atoms with E-state index in [0.717, 1.165) is 37.7 Å². The van der Waals surface area contributed by atoms with Crippen molar-refractivity contribution in [2.24, 2.45) is 5.92 Å². The lowest BCUT2D eigenvalue weighted by atomic mass is 10.0. The summed E-state index contributed by atoms with van der Waals surface area (Å²) < 4.78 is 39.6. The summed E-state index contributed by atoms with van der Waals surface area (Å²) in [6, 6.07) is 4.26. The quantitative estimate of drug-likeness (QED) is 0.840. The summed E-state index contributed by atoms with van der Waals surface area (Å²) >= 11 is 0. The minimum Gasteiger partial charge on any atom is -0.380 e. The number of hydrogen-bond donors (Lipinski definition) is 2. The highest BCUT2D eigenvalue weighted by atomic mass is 32.2. The van der Waals surface area contributed by atoms with E-state index in [-0.39, 0.29) is 10.9 Å². The molecule has 1 aliphatic rings. The van der Waals surface area contributed by atoms with E-state index >= 15 is 0 Å². The van der Waals surface area contributed by atoms with Gasteiger partial charge in [0, 0.05) is 6.04 Å². The standard InChI is InChI=1S/C15H23FN2O2S/c1-11-4-3-5-12(7-6-11)18-15-9-8-13(10-14(15)16)21(19,20)17-2/h8-12,17-18H,3-7H2,1-2H3. The molecule has 0 aliphatic heterocycles. The highest BCUT2D eigenvalue weighted by Gasteiger charge is 2.18. The second kappa shape index (κ2) is 6.75. The Bertz CT molecular complexity index is 589. The van der Waals surface area contributed by atoms with E-state index in [1.807, 2.05) is 0 Å². The van der Waals surface area contributed by atoms with Gasteiger partial charge >= 0.3 is 0 Å². The lowest BCUT2D eigenvalue weighted by Gasteiger charge is -2.18. The Kier molecular flexibility index (Phi) is 5.22. The number of rotatable bonds is 4. The molecule has 1 fully saturated rings. The van der Waals surface area contributed by atoms with Crippen LogP contribution in [0.25, 0.3) is 0 Å². The van der Waals surface area contributed by atoms with Crippen molar-refractivity contribution in [2.45, 2.75) is 50.0 Å². The van der Waals surface area contributed by atoms with Crippen LogP contribution in [0.4, 0.5) is 10.1 Å². The lowest BCUT2D eigenvalue weighted by Crippen LogP contribution is -2.21. The average molecular weight is 314 g/mol. The molecule has 2 unspecified atom stereocenters. The number of halogens is 1. The van der Waals surface area contributed by atoms with Crippen LogP contribution in [0.2, 0.25) is 0 Å². The van der Waals surface area contributed by atoms with E-state index in [2.05, 4.69) is 17.0 Å². The molecule has 4 nitrogen and oxygen atoms in total. The van der Waals surface area contributed by atoms with Crippen LogP contribution in [0.5, 0.6) is 0 Å². The van der Waals surface area contributed by atoms with Crippen LogP contribution in [0.15, 0.2) is 23.1 Å². The van der Waals surface area contributed by atoms with Gasteiger partial charge < -0.3 is 5.32 Å². The summed E-state index contributed by atoms with van der Waals surface area (Å²) in [5.41, 5.74) is 0.379. The third-order valence-electron chi connectivity index (χ3n) is 4.14. The van der Waals surface area contributed by atoms with Gasteiger partial charge in [-0.15, -0.1) is 0 Å². The highest BCUT2D eigenvalue weighted by molar-refractivity contribution is 7.89. The van der Waals surface area contributed by atoms with E-state index in [0.29, 0.717) is 5.69 Å². The molecule has 0 bridgehead atoms. The molecule has 1 aliphatic carbocycles. The van der Waals surface area contributed by atoms with Gasteiger partial charge in [-0.3, -0.25) is 0 Å². The molecule has 0 spiro atoms. The van der Waals surface area contributed by atoms with Gasteiger partial charge in [0.1, 0.15) is 5.82 Å². The number of benzene rings is 1. The number of anilines is 1. The molecular formula is C15H23FN2O2S. The van der Waals surface area contributed by atoms with Gasteiger partial charge in [-0.2, -0.15) is 0 Å². The van der Waals surface area contributed by atoms with Gasteiger partial charge in [-0.1, -0.05) is 19.8 Å². The molecule has 118 valence electrons. The van der Waals surface area contributed by atoms with Gasteiger partial charge in [-0.25, -0.2) is 17.5 Å². The molecule has 0 radical (unpaired) electrons. The van der Waals surface area contributed by atoms with Gasteiger partial charge in [0.2, 0.25) is 10.0 Å². The fourth-order valence-electron chi connectivity index (χ4n) is 2.75. The van der Waals surface area contributed by atoms with Crippen LogP contribution in [0, 0.1) is 11.7 Å². The Morgan fingerprint density at radius 1 is 1.19 bits per heavy atom. The van der Waals surface area contributed by atoms with E-state index < -0.39 is 15.8 Å². The Balaban J connectivity index is 2.11. The van der Waals surface area contributed by atoms with Crippen molar-refractivity contribution < 1.29 is 12.8 Å². The molecule has 2 rings (SSSR count). The van der Waals surface area contributed by atoms with E-state index in [4.69, 9.17) is 0 Å². The van der Waals surface area contributed by atoms with Crippen molar-refractivity contribution in [1.82, 2.24) is 4.72 Å². The predicted molar refractivity (Wildman–Crippen MR) is 82.3 cm³/mol. The van der Waals surface area contributed by atoms with Crippen LogP contribution in [0.1, 0.15) is 39.0 Å². The molecule has 2 N–H and O–H groups in total. The lowest BCUT2D eigenvalue weighted by molar-refractivity contribution is 0.501. The molecule has 1 aromatic rings. The van der Waals surface area contributed by atoms with Crippen molar-refractivity contribution in [3.63, 3.8) is 0 Å². The predicted octanol–water partition coefficient (Wildman–Crippen LogP) is 3.11. The first-order chi connectivity index (χ1) is 9.92. The van der Waals surface area contributed by atoms with Gasteiger partial charge in [0.15, 0.2) is 0 Å². The van der Waals surface area contributed by atoms with Gasteiger partial charge in [-0.05, 0) is 50.4 Å². The monoisotopic (exact) mass is 314 g/mol. The smallest absolute Gasteiger partial charge is 0.240 e. The number of sulfonamides is 1. The van der Waals surface area contributed by atoms with Crippen LogP contribution in [0.3, 0.4) is 0 Å². The zero-order chi connectivity index (χ0) is 15.5. The van der Waals surface area contributed by atoms with Crippen molar-refractivity contribution >= 4 is 15.7 Å². The Hall–Kier alpha value is -1.14. The maximum absolute atomic E-state index is 14.1. The molecule has 2 atom stereocenters. The van der Waals surface area contributed by atoms with Gasteiger partial charge in [0.05, 0.1) is 10.6 Å². The largest absolute Gasteiger partial charge is 0.380 e. The zero-order valence-corrected chi connectivity index (χ0v) is 13.3. The van der Waals surface area contributed by atoms with E-state index in [9.17, 15) is 12.8 Å². The minimum absolute atomic E-state index is 0.0532. The molecule has 0 saturated heterocycles. The summed E-state index contributed by atoms with van der Waals surface area (Å²) in [5.74, 6) is 0.202. The van der Waals surface area contributed by atoms with Crippen molar-refractivity contribution in [2.75, 3.05) is 12.4 Å². The normalized spacial score (nSPS) is 23.6. The second-order valence-electron chi connectivity index (χ2n) is 5.80. The first-order valence-corrected chi connectivity index (χ1v) is 8.90. The zero-order valence-electron chi connectivity index (χ0n) is 12.5. The maximum atomic E-state index is 14.1. The summed E-state index contributed by atoms with van der Waals surface area (Å²) in [4.78, 5) is -0.0532. The molecule has 21 heavy (non-hydrogen) atoms. The maximum Gasteiger partial charge on any atom is 0.240 e. The van der Waals surface area contributed by atoms with Crippen LogP contribution in [-0.4, -0.2) is 21.5 Å². The Morgan fingerprint density at radius 3 is 2.62 bits per heavy atom. The summed E-state index contributed by atoms with van der Waals surface area (Å²) in [6.07, 6.45) is 5.57. The Morgan fingerprint density at radius 2 is 1.95 bits per heavy atom. The molecular weight excluding hydrogens is 291 g/mol. The molecule has 0 aromatic heterocycles. The van der Waals surface area contributed by atoms with Crippen molar-refractivity contribution in [3.8, 4) is 0 Å². The molecule has 0 amide bonds. The molecule has 6 heteroatoms. The average Bonchev–Trinajstić information content (AvgIpc) is 2.66. The van der Waals surface area contributed by atoms with Crippen LogP contribution >= 0.6 is 0 Å². The molecule has 0 heterocycles. The summed E-state index contributed by atoms with van der Waals surface area (Å²) in [7, 11) is -2.29. The first kappa shape index (κ1) is 16.2. The van der Waals surface area contributed by atoms with Gasteiger partial charge in [0.25, 0.3) is 0 Å². The molecule has 1 aromatic carbocycles. The third-order valence-corrected chi connectivity index (χ3v) is 5.55. The van der Waals surface area contributed by atoms with E-state index in [1.54, 1.807) is 0 Å². The van der Waals surface area contributed by atoms with Crippen LogP contribution in [-0.2, 0) is 10.0 Å². The fourth-order valence-corrected chi connectivity index (χ4v) is 3.49. The van der Waals surface area contributed by atoms with E-state index in [1.165, 1.54) is 25.6 Å². The topological polar surface area (TPSA) is 58.2 Å². The SMILES string of the molecule is CNS(=O)(=O)c1ccc(NC2CCCC(C)CC2)c(F)c1. The molecule has 1 saturated carbocycles. The number of nitrogens with one attached hydrogen (secondary N) is 2. The number of hydrogen-bond acceptors (Lipinski definition) is 3. The summed E-state index contributed by atoms with van der Waals surface area (Å²) in [5, 5.41) is 3.22. The van der Waals surface area contributed by atoms with Crippen molar-refractivity contribution in [3.05, 3.63) is 24.0 Å². The fraction of sp³-hybridized carbons (Fsp3) is 0.600.